The van der Waals surface area contributed by atoms with Crippen LogP contribution in [0.5, 0.6) is 0 Å². The Morgan fingerprint density at radius 2 is 1.65 bits per heavy atom. The van der Waals surface area contributed by atoms with Crippen molar-refractivity contribution in [2.75, 3.05) is 12.3 Å². The van der Waals surface area contributed by atoms with Crippen LogP contribution in [0.1, 0.15) is 56.5 Å². The van der Waals surface area contributed by atoms with Crippen LogP contribution in [0, 0.1) is 5.92 Å². The first-order chi connectivity index (χ1) is 17.5. The molecule has 1 fully saturated rings. The summed E-state index contributed by atoms with van der Waals surface area (Å²) >= 11 is 1.11. The van der Waals surface area contributed by atoms with Gasteiger partial charge in [0.2, 0.25) is 16.9 Å². The van der Waals surface area contributed by atoms with Gasteiger partial charge in [-0.15, -0.1) is 0 Å². The van der Waals surface area contributed by atoms with E-state index in [2.05, 4.69) is 5.32 Å². The van der Waals surface area contributed by atoms with E-state index in [-0.39, 0.29) is 23.4 Å². The number of rotatable bonds is 9. The third-order valence-electron chi connectivity index (χ3n) is 6.02. The molecule has 2 aromatic rings. The molecule has 3 atom stereocenters. The minimum absolute atomic E-state index is 0.0860. The highest BCUT2D eigenvalue weighted by atomic mass is 32.2. The number of esters is 1. The summed E-state index contributed by atoms with van der Waals surface area (Å²) in [5, 5.41) is 2.77. The number of carbonyl (C=O) groups is 4. The fraction of sp³-hybridized carbons (Fsp3) is 0.448. The average molecular weight is 525 g/mol. The summed E-state index contributed by atoms with van der Waals surface area (Å²) in [5.74, 6) is -1.14. The van der Waals surface area contributed by atoms with Crippen molar-refractivity contribution < 1.29 is 23.9 Å². The summed E-state index contributed by atoms with van der Waals surface area (Å²) in [6.07, 6.45) is 1.51. The fourth-order valence-corrected chi connectivity index (χ4v) is 5.05. The van der Waals surface area contributed by atoms with E-state index >= 15 is 0 Å². The standard InChI is InChI=1S/C29H36N2O5S/c1-20(19-37-28(35)22-14-9-6-10-15-22)26(33)31-17-11-16-24(31)25(32)30-23(27(34)36-29(2,3)4)18-21-12-7-5-8-13-21/h5-10,12-15,20,23-24H,11,16-19H2,1-4H3,(H,30,32)/t20?,23-,24-/m0/s1. The van der Waals surface area contributed by atoms with Crippen molar-refractivity contribution in [1.29, 1.82) is 0 Å². The molecule has 0 bridgehead atoms. The van der Waals surface area contributed by atoms with E-state index in [0.29, 0.717) is 30.7 Å². The lowest BCUT2D eigenvalue weighted by molar-refractivity contribution is -0.159. The topological polar surface area (TPSA) is 92.8 Å². The van der Waals surface area contributed by atoms with Crippen molar-refractivity contribution in [3.05, 3.63) is 71.8 Å². The van der Waals surface area contributed by atoms with Gasteiger partial charge in [-0.2, -0.15) is 0 Å². The van der Waals surface area contributed by atoms with Gasteiger partial charge in [0, 0.05) is 30.2 Å². The molecule has 1 aliphatic rings. The van der Waals surface area contributed by atoms with E-state index in [1.54, 1.807) is 56.9 Å². The van der Waals surface area contributed by atoms with Gasteiger partial charge in [0.15, 0.2) is 0 Å². The second-order valence-corrected chi connectivity index (χ2v) is 11.3. The third-order valence-corrected chi connectivity index (χ3v) is 7.19. The Kier molecular flexibility index (Phi) is 9.92. The molecule has 2 aromatic carbocycles. The van der Waals surface area contributed by atoms with Gasteiger partial charge in [0.1, 0.15) is 17.7 Å². The van der Waals surface area contributed by atoms with Crippen LogP contribution in [-0.4, -0.2) is 57.8 Å². The highest BCUT2D eigenvalue weighted by Crippen LogP contribution is 2.23. The van der Waals surface area contributed by atoms with Crippen LogP contribution in [-0.2, 0) is 25.5 Å². The molecular formula is C29H36N2O5S. The van der Waals surface area contributed by atoms with Crippen molar-refractivity contribution in [2.24, 2.45) is 5.92 Å². The minimum atomic E-state index is -0.872. The quantitative estimate of drug-likeness (QED) is 0.493. The Morgan fingerprint density at radius 1 is 1.03 bits per heavy atom. The zero-order valence-electron chi connectivity index (χ0n) is 21.9. The van der Waals surface area contributed by atoms with Gasteiger partial charge in [-0.3, -0.25) is 14.4 Å². The second kappa shape index (κ2) is 12.9. The number of hydrogen-bond donors (Lipinski definition) is 1. The van der Waals surface area contributed by atoms with Gasteiger partial charge >= 0.3 is 5.97 Å². The van der Waals surface area contributed by atoms with E-state index in [1.165, 1.54) is 0 Å². The number of likely N-dealkylation sites (tertiary alicyclic amines) is 1. The van der Waals surface area contributed by atoms with E-state index in [9.17, 15) is 19.2 Å². The monoisotopic (exact) mass is 524 g/mol. The molecule has 0 spiro atoms. The van der Waals surface area contributed by atoms with Gasteiger partial charge in [-0.25, -0.2) is 4.79 Å². The molecule has 0 saturated carbocycles. The first-order valence-electron chi connectivity index (χ1n) is 12.6. The lowest BCUT2D eigenvalue weighted by Gasteiger charge is -2.29. The van der Waals surface area contributed by atoms with E-state index in [4.69, 9.17) is 4.74 Å². The molecule has 1 N–H and O–H groups in total. The Balaban J connectivity index is 1.64. The van der Waals surface area contributed by atoms with Crippen molar-refractivity contribution in [3.63, 3.8) is 0 Å². The molecule has 8 heteroatoms. The SMILES string of the molecule is CC(CSC(=O)c1ccccc1)C(=O)N1CCC[C@H]1C(=O)N[C@@H](Cc1ccccc1)C(=O)OC(C)(C)C. The van der Waals surface area contributed by atoms with Gasteiger partial charge in [0.25, 0.3) is 0 Å². The molecule has 0 aromatic heterocycles. The van der Waals surface area contributed by atoms with Crippen LogP contribution in [0.3, 0.4) is 0 Å². The van der Waals surface area contributed by atoms with Gasteiger partial charge in [-0.05, 0) is 39.2 Å². The van der Waals surface area contributed by atoms with Crippen molar-refractivity contribution in [3.8, 4) is 0 Å². The predicted molar refractivity (Wildman–Crippen MR) is 145 cm³/mol. The molecule has 0 radical (unpaired) electrons. The van der Waals surface area contributed by atoms with Crippen LogP contribution in [0.15, 0.2) is 60.7 Å². The molecule has 1 saturated heterocycles. The molecule has 1 heterocycles. The number of carbonyl (C=O) groups excluding carboxylic acids is 4. The van der Waals surface area contributed by atoms with Crippen molar-refractivity contribution in [1.82, 2.24) is 10.2 Å². The minimum Gasteiger partial charge on any atom is -0.458 e. The van der Waals surface area contributed by atoms with Crippen LogP contribution in [0.4, 0.5) is 0 Å². The Labute approximate surface area is 223 Å². The molecule has 7 nitrogen and oxygen atoms in total. The Hall–Kier alpha value is -3.13. The summed E-state index contributed by atoms with van der Waals surface area (Å²) in [5.41, 5.74) is 0.792. The lowest BCUT2D eigenvalue weighted by Crippen LogP contribution is -2.53. The number of nitrogens with one attached hydrogen (secondary N) is 1. The van der Waals surface area contributed by atoms with Gasteiger partial charge in [-0.1, -0.05) is 79.3 Å². The Bertz CT molecular complexity index is 1080. The summed E-state index contributed by atoms with van der Waals surface area (Å²) in [6, 6.07) is 16.9. The first kappa shape index (κ1) is 28.4. The average Bonchev–Trinajstić information content (AvgIpc) is 3.36. The van der Waals surface area contributed by atoms with E-state index in [1.807, 2.05) is 36.4 Å². The molecule has 37 heavy (non-hydrogen) atoms. The highest BCUT2D eigenvalue weighted by Gasteiger charge is 2.38. The number of amides is 2. The molecule has 3 rings (SSSR count). The first-order valence-corrected chi connectivity index (χ1v) is 13.6. The van der Waals surface area contributed by atoms with E-state index < -0.39 is 29.6 Å². The summed E-state index contributed by atoms with van der Waals surface area (Å²) in [4.78, 5) is 53.5. The summed E-state index contributed by atoms with van der Waals surface area (Å²) in [7, 11) is 0. The van der Waals surface area contributed by atoms with Crippen molar-refractivity contribution in [2.45, 2.75) is 64.6 Å². The zero-order chi connectivity index (χ0) is 27.0. The number of thioether (sulfide) groups is 1. The number of benzene rings is 2. The smallest absolute Gasteiger partial charge is 0.329 e. The van der Waals surface area contributed by atoms with Crippen LogP contribution in [0.2, 0.25) is 0 Å². The normalized spacial score (nSPS) is 17.1. The number of hydrogen-bond acceptors (Lipinski definition) is 6. The fourth-order valence-electron chi connectivity index (χ4n) is 4.20. The van der Waals surface area contributed by atoms with E-state index in [0.717, 1.165) is 17.3 Å². The summed E-state index contributed by atoms with van der Waals surface area (Å²) < 4.78 is 5.57. The highest BCUT2D eigenvalue weighted by molar-refractivity contribution is 8.14. The van der Waals surface area contributed by atoms with Crippen molar-refractivity contribution >= 4 is 34.7 Å². The van der Waals surface area contributed by atoms with Crippen LogP contribution < -0.4 is 5.32 Å². The summed E-state index contributed by atoms with van der Waals surface area (Å²) in [6.45, 7) is 7.59. The number of ether oxygens (including phenoxy) is 1. The Morgan fingerprint density at radius 3 is 2.27 bits per heavy atom. The largest absolute Gasteiger partial charge is 0.458 e. The maximum Gasteiger partial charge on any atom is 0.329 e. The number of nitrogens with zero attached hydrogens (tertiary/aromatic N) is 1. The maximum absolute atomic E-state index is 13.3. The third kappa shape index (κ3) is 8.45. The predicted octanol–water partition coefficient (Wildman–Crippen LogP) is 4.26. The van der Waals surface area contributed by atoms with Gasteiger partial charge < -0.3 is 15.0 Å². The van der Waals surface area contributed by atoms with Crippen LogP contribution >= 0.6 is 11.8 Å². The lowest BCUT2D eigenvalue weighted by atomic mass is 10.0. The van der Waals surface area contributed by atoms with Gasteiger partial charge in [0.05, 0.1) is 0 Å². The molecule has 1 unspecified atom stereocenters. The molecule has 1 aliphatic heterocycles. The zero-order valence-corrected chi connectivity index (χ0v) is 22.8. The van der Waals surface area contributed by atoms with Crippen LogP contribution in [0.25, 0.3) is 0 Å². The molecule has 198 valence electrons. The molecular weight excluding hydrogens is 488 g/mol. The maximum atomic E-state index is 13.3. The second-order valence-electron chi connectivity index (χ2n) is 10.3. The molecule has 2 amide bonds. The molecule has 0 aliphatic carbocycles.